The summed E-state index contributed by atoms with van der Waals surface area (Å²) in [7, 11) is -0.433. The Labute approximate surface area is 65.7 Å². The minimum Gasteiger partial charge on any atom is -0.259 e. The Morgan fingerprint density at radius 3 is 2.70 bits per heavy atom. The summed E-state index contributed by atoms with van der Waals surface area (Å²) in [5, 5.41) is 0.576. The molecule has 0 N–H and O–H groups in total. The molecule has 0 aromatic heterocycles. The average Bonchev–Trinajstić information content (AvgIpc) is 1.95. The molecule has 2 unspecified atom stereocenters. The molecule has 0 aromatic carbocycles. The zero-order valence-electron chi connectivity index (χ0n) is 6.64. The van der Waals surface area contributed by atoms with Gasteiger partial charge in [0.15, 0.2) is 0 Å². The van der Waals surface area contributed by atoms with Crippen LogP contribution in [0.2, 0.25) is 0 Å². The van der Waals surface area contributed by atoms with E-state index in [1.54, 1.807) is 0 Å². The first-order chi connectivity index (χ1) is 4.84. The van der Waals surface area contributed by atoms with Gasteiger partial charge in [-0.3, -0.25) is 4.21 Å². The lowest BCUT2D eigenvalue weighted by Gasteiger charge is -2.24. The van der Waals surface area contributed by atoms with Crippen LogP contribution in [0.5, 0.6) is 0 Å². The van der Waals surface area contributed by atoms with Gasteiger partial charge in [0, 0.05) is 21.8 Å². The minimum absolute atomic E-state index is 0.433. The van der Waals surface area contributed by atoms with Crippen molar-refractivity contribution in [3.63, 3.8) is 0 Å². The quantitative estimate of drug-likeness (QED) is 0.575. The first kappa shape index (κ1) is 8.25. The van der Waals surface area contributed by atoms with E-state index < -0.39 is 10.8 Å². The lowest BCUT2D eigenvalue weighted by atomic mass is 10.1. The van der Waals surface area contributed by atoms with Gasteiger partial charge in [-0.25, -0.2) is 0 Å². The molecule has 0 spiro atoms. The molecule has 60 valence electrons. The molecule has 10 heavy (non-hydrogen) atoms. The molecule has 0 amide bonds. The van der Waals surface area contributed by atoms with Gasteiger partial charge in [-0.15, -0.1) is 0 Å². The van der Waals surface area contributed by atoms with Crippen LogP contribution in [0, 0.1) is 0 Å². The molecule has 1 fully saturated rings. The molecule has 0 radical (unpaired) electrons. The maximum atomic E-state index is 10.9. The highest BCUT2D eigenvalue weighted by Crippen LogP contribution is 2.21. The second-order valence-corrected chi connectivity index (χ2v) is 4.83. The zero-order valence-corrected chi connectivity index (χ0v) is 7.45. The zero-order chi connectivity index (χ0) is 7.40. The fourth-order valence-electron chi connectivity index (χ4n) is 1.28. The fourth-order valence-corrected chi connectivity index (χ4v) is 2.47. The normalized spacial score (nSPS) is 31.7. The van der Waals surface area contributed by atoms with Gasteiger partial charge >= 0.3 is 0 Å². The van der Waals surface area contributed by atoms with Crippen molar-refractivity contribution in [3.05, 3.63) is 0 Å². The molecule has 1 nitrogen and oxygen atoms in total. The van der Waals surface area contributed by atoms with Crippen molar-refractivity contribution in [2.24, 2.45) is 0 Å². The Kier molecular flexibility index (Phi) is 3.40. The van der Waals surface area contributed by atoms with E-state index in [1.807, 2.05) is 0 Å². The first-order valence-electron chi connectivity index (χ1n) is 4.21. The Morgan fingerprint density at radius 2 is 2.30 bits per heavy atom. The SMILES string of the molecule is CCCCCC1CCS1=O. The number of hydrogen-bond acceptors (Lipinski definition) is 1. The molecular formula is C8H16OS. The van der Waals surface area contributed by atoms with Crippen LogP contribution in [-0.2, 0) is 10.8 Å². The third kappa shape index (κ3) is 2.08. The van der Waals surface area contributed by atoms with Crippen molar-refractivity contribution >= 4 is 10.8 Å². The van der Waals surface area contributed by atoms with Gasteiger partial charge in [-0.2, -0.15) is 0 Å². The van der Waals surface area contributed by atoms with Gasteiger partial charge in [0.2, 0.25) is 0 Å². The van der Waals surface area contributed by atoms with E-state index in [2.05, 4.69) is 6.92 Å². The molecular weight excluding hydrogens is 144 g/mol. The lowest BCUT2D eigenvalue weighted by Crippen LogP contribution is -2.30. The van der Waals surface area contributed by atoms with Crippen LogP contribution < -0.4 is 0 Å². The summed E-state index contributed by atoms with van der Waals surface area (Å²) in [6.45, 7) is 2.21. The molecule has 2 atom stereocenters. The molecule has 1 aliphatic heterocycles. The monoisotopic (exact) mass is 160 g/mol. The van der Waals surface area contributed by atoms with Crippen molar-refractivity contribution in [1.29, 1.82) is 0 Å². The molecule has 0 saturated carbocycles. The molecule has 2 heteroatoms. The summed E-state index contributed by atoms with van der Waals surface area (Å²) in [6.07, 6.45) is 6.30. The summed E-state index contributed by atoms with van der Waals surface area (Å²) < 4.78 is 10.9. The van der Waals surface area contributed by atoms with E-state index in [-0.39, 0.29) is 0 Å². The molecule has 0 bridgehead atoms. The third-order valence-corrected chi connectivity index (χ3v) is 4.00. The van der Waals surface area contributed by atoms with E-state index >= 15 is 0 Å². The third-order valence-electron chi connectivity index (χ3n) is 2.14. The second-order valence-electron chi connectivity index (χ2n) is 2.99. The highest BCUT2D eigenvalue weighted by atomic mass is 32.2. The van der Waals surface area contributed by atoms with Crippen molar-refractivity contribution in [3.8, 4) is 0 Å². The van der Waals surface area contributed by atoms with Crippen LogP contribution in [0.1, 0.15) is 39.0 Å². The van der Waals surface area contributed by atoms with Crippen LogP contribution >= 0.6 is 0 Å². The van der Waals surface area contributed by atoms with Crippen LogP contribution in [0.4, 0.5) is 0 Å². The van der Waals surface area contributed by atoms with Gasteiger partial charge in [0.05, 0.1) is 0 Å². The summed E-state index contributed by atoms with van der Waals surface area (Å²) in [4.78, 5) is 0. The highest BCUT2D eigenvalue weighted by Gasteiger charge is 2.25. The Balaban J connectivity index is 1.98. The predicted octanol–water partition coefficient (Wildman–Crippen LogP) is 2.09. The highest BCUT2D eigenvalue weighted by molar-refractivity contribution is 7.87. The predicted molar refractivity (Wildman–Crippen MR) is 45.6 cm³/mol. The van der Waals surface area contributed by atoms with Crippen molar-refractivity contribution in [2.75, 3.05) is 5.75 Å². The molecule has 1 rings (SSSR count). The first-order valence-corrected chi connectivity index (χ1v) is 5.60. The number of unbranched alkanes of at least 4 members (excludes halogenated alkanes) is 2. The van der Waals surface area contributed by atoms with E-state index in [1.165, 1.54) is 32.1 Å². The van der Waals surface area contributed by atoms with E-state index in [0.29, 0.717) is 5.25 Å². The van der Waals surface area contributed by atoms with E-state index in [4.69, 9.17) is 0 Å². The van der Waals surface area contributed by atoms with Crippen molar-refractivity contribution in [1.82, 2.24) is 0 Å². The molecule has 0 aliphatic carbocycles. The molecule has 0 aromatic rings. The number of hydrogen-bond donors (Lipinski definition) is 0. The molecule has 1 aliphatic rings. The van der Waals surface area contributed by atoms with Crippen LogP contribution in [0.3, 0.4) is 0 Å². The Hall–Kier alpha value is 0.150. The van der Waals surface area contributed by atoms with Crippen LogP contribution in [0.15, 0.2) is 0 Å². The molecule has 1 heterocycles. The molecule has 1 saturated heterocycles. The van der Waals surface area contributed by atoms with E-state index in [0.717, 1.165) is 5.75 Å². The second kappa shape index (κ2) is 4.12. The maximum absolute atomic E-state index is 10.9. The minimum atomic E-state index is -0.433. The summed E-state index contributed by atoms with van der Waals surface area (Å²) >= 11 is 0. The Bertz CT molecular complexity index is 122. The van der Waals surface area contributed by atoms with Crippen LogP contribution in [-0.4, -0.2) is 15.2 Å². The van der Waals surface area contributed by atoms with Gasteiger partial charge in [0.25, 0.3) is 0 Å². The summed E-state index contributed by atoms with van der Waals surface area (Å²) in [5.74, 6) is 0.969. The van der Waals surface area contributed by atoms with E-state index in [9.17, 15) is 4.21 Å². The smallest absolute Gasteiger partial charge is 0.0356 e. The summed E-state index contributed by atoms with van der Waals surface area (Å²) in [6, 6.07) is 0. The standard InChI is InChI=1S/C8H16OS/c1-2-3-4-5-8-6-7-10(8)9/h8H,2-7H2,1H3. The van der Waals surface area contributed by atoms with Crippen molar-refractivity contribution < 1.29 is 4.21 Å². The van der Waals surface area contributed by atoms with Gasteiger partial charge in [-0.1, -0.05) is 26.2 Å². The average molecular weight is 160 g/mol. The summed E-state index contributed by atoms with van der Waals surface area (Å²) in [5.41, 5.74) is 0. The number of rotatable bonds is 4. The fraction of sp³-hybridized carbons (Fsp3) is 1.00. The topological polar surface area (TPSA) is 17.1 Å². The van der Waals surface area contributed by atoms with Gasteiger partial charge in [-0.05, 0) is 12.8 Å². The lowest BCUT2D eigenvalue weighted by molar-refractivity contribution is 0.582. The van der Waals surface area contributed by atoms with Gasteiger partial charge in [0.1, 0.15) is 0 Å². The Morgan fingerprint density at radius 1 is 1.50 bits per heavy atom. The maximum Gasteiger partial charge on any atom is 0.0356 e. The van der Waals surface area contributed by atoms with Crippen molar-refractivity contribution in [2.45, 2.75) is 44.3 Å². The van der Waals surface area contributed by atoms with Gasteiger partial charge < -0.3 is 0 Å². The van der Waals surface area contributed by atoms with Crippen LogP contribution in [0.25, 0.3) is 0 Å². The largest absolute Gasteiger partial charge is 0.259 e.